The van der Waals surface area contributed by atoms with Gasteiger partial charge in [-0.3, -0.25) is 9.40 Å². The molecule has 0 saturated heterocycles. The summed E-state index contributed by atoms with van der Waals surface area (Å²) in [6.45, 7) is 3.37. The van der Waals surface area contributed by atoms with Crippen molar-refractivity contribution in [3.63, 3.8) is 0 Å². The first-order valence-electron chi connectivity index (χ1n) is 5.91. The summed E-state index contributed by atoms with van der Waals surface area (Å²) in [6.07, 6.45) is 0. The van der Waals surface area contributed by atoms with Crippen molar-refractivity contribution in [3.05, 3.63) is 32.5 Å². The summed E-state index contributed by atoms with van der Waals surface area (Å²) in [4.78, 5) is 0.181. The first-order valence-corrected chi connectivity index (χ1v) is 8.98. The smallest absolute Gasteiger partial charge is 0.265 e. The third-order valence-electron chi connectivity index (χ3n) is 3.01. The fourth-order valence-corrected chi connectivity index (χ4v) is 5.24. The van der Waals surface area contributed by atoms with E-state index in [1.165, 1.54) is 4.68 Å². The molecule has 0 atom stereocenters. The summed E-state index contributed by atoms with van der Waals surface area (Å²) in [7, 11) is -2.04. The summed E-state index contributed by atoms with van der Waals surface area (Å²) in [5, 5.41) is 4.13. The molecule has 0 aliphatic carbocycles. The maximum Gasteiger partial charge on any atom is 0.265 e. The van der Waals surface area contributed by atoms with Crippen LogP contribution in [-0.2, 0) is 17.1 Å². The normalized spacial score (nSPS) is 11.7. The third kappa shape index (κ3) is 3.09. The van der Waals surface area contributed by atoms with Gasteiger partial charge in [0.2, 0.25) is 0 Å². The van der Waals surface area contributed by atoms with E-state index in [1.54, 1.807) is 33.0 Å². The molecule has 0 saturated carbocycles. The van der Waals surface area contributed by atoms with Crippen LogP contribution in [0.15, 0.2) is 26.0 Å². The summed E-state index contributed by atoms with van der Waals surface area (Å²) in [5.41, 5.74) is 7.64. The van der Waals surface area contributed by atoms with Gasteiger partial charge < -0.3 is 5.73 Å². The van der Waals surface area contributed by atoms with E-state index in [-0.39, 0.29) is 4.90 Å². The lowest BCUT2D eigenvalue weighted by Gasteiger charge is -2.12. The van der Waals surface area contributed by atoms with Gasteiger partial charge in [0.15, 0.2) is 0 Å². The molecule has 1 aromatic carbocycles. The predicted molar refractivity (Wildman–Crippen MR) is 89.7 cm³/mol. The molecule has 2 aromatic rings. The van der Waals surface area contributed by atoms with Crippen LogP contribution in [0.1, 0.15) is 11.4 Å². The summed E-state index contributed by atoms with van der Waals surface area (Å²) < 4.78 is 30.4. The van der Waals surface area contributed by atoms with Crippen molar-refractivity contribution in [3.8, 4) is 0 Å². The fraction of sp³-hybridized carbons (Fsp3) is 0.250. The number of aryl methyl sites for hydroxylation is 2. The highest BCUT2D eigenvalue weighted by Gasteiger charge is 2.25. The van der Waals surface area contributed by atoms with Crippen molar-refractivity contribution in [2.45, 2.75) is 18.7 Å². The van der Waals surface area contributed by atoms with E-state index in [1.807, 2.05) is 0 Å². The molecule has 0 aliphatic heterocycles. The molecule has 114 valence electrons. The van der Waals surface area contributed by atoms with Gasteiger partial charge in [0.25, 0.3) is 10.0 Å². The van der Waals surface area contributed by atoms with Crippen molar-refractivity contribution < 1.29 is 8.42 Å². The Kier molecular flexibility index (Phi) is 4.36. The molecule has 6 nitrogen and oxygen atoms in total. The van der Waals surface area contributed by atoms with Crippen molar-refractivity contribution >= 4 is 53.3 Å². The van der Waals surface area contributed by atoms with Crippen molar-refractivity contribution in [2.24, 2.45) is 7.05 Å². The van der Waals surface area contributed by atoms with E-state index in [9.17, 15) is 8.42 Å². The van der Waals surface area contributed by atoms with Crippen LogP contribution >= 0.6 is 31.9 Å². The van der Waals surface area contributed by atoms with E-state index in [0.29, 0.717) is 31.7 Å². The number of nitrogens with zero attached hydrogens (tertiary/aromatic N) is 2. The number of nitrogen functional groups attached to an aromatic ring is 1. The van der Waals surface area contributed by atoms with Crippen LogP contribution < -0.4 is 10.5 Å². The lowest BCUT2D eigenvalue weighted by molar-refractivity contribution is 0.599. The van der Waals surface area contributed by atoms with Crippen LogP contribution in [0.4, 0.5) is 11.4 Å². The van der Waals surface area contributed by atoms with E-state index in [0.717, 1.165) is 0 Å². The molecule has 0 bridgehead atoms. The number of sulfonamides is 1. The molecule has 0 aliphatic rings. The molecule has 21 heavy (non-hydrogen) atoms. The average Bonchev–Trinajstić information content (AvgIpc) is 2.58. The minimum atomic E-state index is -3.75. The summed E-state index contributed by atoms with van der Waals surface area (Å²) in [5.74, 6) is 0. The van der Waals surface area contributed by atoms with Gasteiger partial charge >= 0.3 is 0 Å². The molecule has 0 amide bonds. The minimum absolute atomic E-state index is 0.181. The number of benzene rings is 1. The van der Waals surface area contributed by atoms with Gasteiger partial charge in [0, 0.05) is 21.7 Å². The maximum atomic E-state index is 12.6. The number of aromatic nitrogens is 2. The van der Waals surface area contributed by atoms with Gasteiger partial charge in [-0.15, -0.1) is 0 Å². The maximum absolute atomic E-state index is 12.6. The molecule has 1 aromatic heterocycles. The number of anilines is 2. The summed E-state index contributed by atoms with van der Waals surface area (Å²) >= 11 is 6.62. The Morgan fingerprint density at radius 3 is 2.19 bits per heavy atom. The van der Waals surface area contributed by atoms with E-state index in [4.69, 9.17) is 5.73 Å². The highest BCUT2D eigenvalue weighted by molar-refractivity contribution is 9.11. The second-order valence-corrected chi connectivity index (χ2v) is 7.92. The Morgan fingerprint density at radius 1 is 1.24 bits per heavy atom. The zero-order valence-electron chi connectivity index (χ0n) is 11.6. The molecule has 1 heterocycles. The molecule has 3 N–H and O–H groups in total. The first-order chi connectivity index (χ1) is 9.63. The number of hydrogen-bond acceptors (Lipinski definition) is 4. The van der Waals surface area contributed by atoms with Gasteiger partial charge in [-0.05, 0) is 57.8 Å². The fourth-order valence-electron chi connectivity index (χ4n) is 2.02. The number of rotatable bonds is 3. The Balaban J connectivity index is 2.53. The molecule has 0 spiro atoms. The Labute approximate surface area is 140 Å². The lowest BCUT2D eigenvalue weighted by Crippen LogP contribution is -2.15. The molecule has 0 radical (unpaired) electrons. The highest BCUT2D eigenvalue weighted by Crippen LogP contribution is 2.35. The van der Waals surface area contributed by atoms with E-state index in [2.05, 4.69) is 41.7 Å². The predicted octanol–water partition coefficient (Wildman–Crippen LogP) is 2.94. The van der Waals surface area contributed by atoms with Crippen molar-refractivity contribution in [1.82, 2.24) is 9.78 Å². The van der Waals surface area contributed by atoms with Crippen LogP contribution in [0.3, 0.4) is 0 Å². The molecular formula is C12H14Br2N4O2S. The molecular weight excluding hydrogens is 424 g/mol. The van der Waals surface area contributed by atoms with Crippen LogP contribution in [0, 0.1) is 13.8 Å². The van der Waals surface area contributed by atoms with Gasteiger partial charge in [0.05, 0.1) is 17.1 Å². The minimum Gasteiger partial charge on any atom is -0.399 e. The average molecular weight is 438 g/mol. The van der Waals surface area contributed by atoms with Gasteiger partial charge in [-0.2, -0.15) is 5.10 Å². The monoisotopic (exact) mass is 436 g/mol. The lowest BCUT2D eigenvalue weighted by atomic mass is 10.3. The number of hydrogen-bond donors (Lipinski definition) is 2. The molecule has 9 heteroatoms. The number of nitrogens with one attached hydrogen (secondary N) is 1. The second-order valence-electron chi connectivity index (χ2n) is 4.59. The largest absolute Gasteiger partial charge is 0.399 e. The SMILES string of the molecule is Cc1nn(C)c(C)c1S(=O)(=O)Nc1c(Br)cc(N)cc1Br. The number of halogens is 2. The van der Waals surface area contributed by atoms with Gasteiger partial charge in [-0.1, -0.05) is 0 Å². The quantitative estimate of drug-likeness (QED) is 0.722. The van der Waals surface area contributed by atoms with Crippen LogP contribution in [0.2, 0.25) is 0 Å². The molecule has 2 rings (SSSR count). The third-order valence-corrected chi connectivity index (χ3v) is 5.86. The summed E-state index contributed by atoms with van der Waals surface area (Å²) in [6, 6.07) is 3.26. The van der Waals surface area contributed by atoms with E-state index < -0.39 is 10.0 Å². The standard InChI is InChI=1S/C12H14Br2N4O2S/c1-6-12(7(2)18(3)16-6)21(19,20)17-11-9(13)4-8(15)5-10(11)14/h4-5,17H,15H2,1-3H3. The van der Waals surface area contributed by atoms with E-state index >= 15 is 0 Å². The first kappa shape index (κ1) is 16.3. The zero-order chi connectivity index (χ0) is 15.9. The van der Waals surface area contributed by atoms with Gasteiger partial charge in [0.1, 0.15) is 4.90 Å². The van der Waals surface area contributed by atoms with Crippen LogP contribution in [-0.4, -0.2) is 18.2 Å². The van der Waals surface area contributed by atoms with Crippen molar-refractivity contribution in [1.29, 1.82) is 0 Å². The Morgan fingerprint density at radius 2 is 1.76 bits per heavy atom. The Bertz CT molecular complexity index is 792. The zero-order valence-corrected chi connectivity index (χ0v) is 15.6. The highest BCUT2D eigenvalue weighted by atomic mass is 79.9. The van der Waals surface area contributed by atoms with Crippen LogP contribution in [0.5, 0.6) is 0 Å². The van der Waals surface area contributed by atoms with Crippen molar-refractivity contribution in [2.75, 3.05) is 10.5 Å². The van der Waals surface area contributed by atoms with Gasteiger partial charge in [-0.25, -0.2) is 8.42 Å². The topological polar surface area (TPSA) is 90.0 Å². The van der Waals surface area contributed by atoms with Crippen LogP contribution in [0.25, 0.3) is 0 Å². The number of nitrogens with two attached hydrogens (primary N) is 1. The molecule has 0 fully saturated rings. The molecule has 0 unspecified atom stereocenters. The second kappa shape index (κ2) is 5.62. The Hall–Kier alpha value is -1.06.